The molecule has 1 aromatic rings. The van der Waals surface area contributed by atoms with Crippen molar-refractivity contribution < 1.29 is 31.1 Å². The van der Waals surface area contributed by atoms with Crippen molar-refractivity contribution in [3.8, 4) is 0 Å². The maximum Gasteiger partial charge on any atom is 0.446 e. The first-order valence-corrected chi connectivity index (χ1v) is 7.39. The molecular formula is C11H7ClF6OS2. The van der Waals surface area contributed by atoms with Crippen molar-refractivity contribution in [2.24, 2.45) is 0 Å². The number of carbonyl (C=O) groups excluding carboxylic acids is 1. The predicted molar refractivity (Wildman–Crippen MR) is 69.7 cm³/mol. The van der Waals surface area contributed by atoms with Gasteiger partial charge in [-0.05, 0) is 41.2 Å². The minimum Gasteiger partial charge on any atom is -0.298 e. The van der Waals surface area contributed by atoms with Gasteiger partial charge in [-0.3, -0.25) is 4.79 Å². The van der Waals surface area contributed by atoms with E-state index < -0.39 is 45.2 Å². The van der Waals surface area contributed by atoms with Crippen LogP contribution < -0.4 is 0 Å². The van der Waals surface area contributed by atoms with Crippen molar-refractivity contribution in [1.29, 1.82) is 0 Å². The van der Waals surface area contributed by atoms with E-state index in [0.717, 1.165) is 18.2 Å². The van der Waals surface area contributed by atoms with Crippen molar-refractivity contribution in [3.05, 3.63) is 23.8 Å². The van der Waals surface area contributed by atoms with E-state index in [2.05, 4.69) is 0 Å². The van der Waals surface area contributed by atoms with Gasteiger partial charge in [-0.15, -0.1) is 11.6 Å². The fourth-order valence-corrected chi connectivity index (χ4v) is 2.81. The Kier molecular flexibility index (Phi) is 6.30. The molecule has 0 fully saturated rings. The van der Waals surface area contributed by atoms with Gasteiger partial charge < -0.3 is 0 Å². The van der Waals surface area contributed by atoms with Gasteiger partial charge in [0.15, 0.2) is 5.78 Å². The summed E-state index contributed by atoms with van der Waals surface area (Å²) >= 11 is 4.20. The number of alkyl halides is 7. The van der Waals surface area contributed by atoms with Crippen molar-refractivity contribution in [3.63, 3.8) is 0 Å². The monoisotopic (exact) mass is 368 g/mol. The summed E-state index contributed by atoms with van der Waals surface area (Å²) < 4.78 is 74.0. The van der Waals surface area contributed by atoms with Crippen LogP contribution in [0.2, 0.25) is 0 Å². The van der Waals surface area contributed by atoms with Gasteiger partial charge in [0.1, 0.15) is 0 Å². The molecule has 0 aliphatic rings. The van der Waals surface area contributed by atoms with Crippen LogP contribution in [0.1, 0.15) is 5.56 Å². The molecule has 0 amide bonds. The zero-order valence-corrected chi connectivity index (χ0v) is 12.4. The summed E-state index contributed by atoms with van der Waals surface area (Å²) in [5.41, 5.74) is -9.28. The van der Waals surface area contributed by atoms with Crippen LogP contribution in [0.25, 0.3) is 0 Å². The molecule has 10 heteroatoms. The molecule has 0 radical (unpaired) electrons. The van der Waals surface area contributed by atoms with Crippen LogP contribution in [0, 0.1) is 0 Å². The maximum absolute atomic E-state index is 12.4. The van der Waals surface area contributed by atoms with Crippen LogP contribution in [0.3, 0.4) is 0 Å². The van der Waals surface area contributed by atoms with Crippen LogP contribution >= 0.6 is 35.1 Å². The number of carbonyl (C=O) groups is 1. The van der Waals surface area contributed by atoms with Gasteiger partial charge >= 0.3 is 11.0 Å². The Labute approximate surface area is 129 Å². The molecule has 0 saturated carbocycles. The first-order valence-electron chi connectivity index (χ1n) is 5.22. The molecule has 0 bridgehead atoms. The van der Waals surface area contributed by atoms with Crippen LogP contribution in [0.15, 0.2) is 28.0 Å². The van der Waals surface area contributed by atoms with E-state index in [-0.39, 0.29) is 22.8 Å². The predicted octanol–water partition coefficient (Wildman–Crippen LogP) is 5.26. The number of hydrogen-bond donors (Lipinski definition) is 0. The highest BCUT2D eigenvalue weighted by atomic mass is 35.5. The zero-order valence-electron chi connectivity index (χ0n) is 10.0. The smallest absolute Gasteiger partial charge is 0.298 e. The fourth-order valence-electron chi connectivity index (χ4n) is 1.36. The third-order valence-corrected chi connectivity index (χ3v) is 3.89. The van der Waals surface area contributed by atoms with Crippen molar-refractivity contribution in [2.45, 2.75) is 27.2 Å². The van der Waals surface area contributed by atoms with Crippen molar-refractivity contribution in [2.75, 3.05) is 5.88 Å². The molecule has 0 aliphatic carbocycles. The Morgan fingerprint density at radius 2 is 1.62 bits per heavy atom. The lowest BCUT2D eigenvalue weighted by atomic mass is 10.1. The number of ketones is 1. The fraction of sp³-hybridized carbons (Fsp3) is 0.364. The zero-order chi connectivity index (χ0) is 16.3. The second kappa shape index (κ2) is 7.15. The summed E-state index contributed by atoms with van der Waals surface area (Å²) in [4.78, 5) is 10.4. The van der Waals surface area contributed by atoms with Crippen LogP contribution in [-0.4, -0.2) is 22.7 Å². The van der Waals surface area contributed by atoms with E-state index in [1.165, 1.54) is 0 Å². The first-order chi connectivity index (χ1) is 9.50. The van der Waals surface area contributed by atoms with E-state index in [4.69, 9.17) is 11.6 Å². The molecule has 0 aromatic heterocycles. The number of rotatable bonds is 5. The average Bonchev–Trinajstić information content (AvgIpc) is 2.28. The third-order valence-electron chi connectivity index (χ3n) is 2.03. The van der Waals surface area contributed by atoms with Crippen LogP contribution in [-0.2, 0) is 11.2 Å². The number of Topliss-reactive ketones (excluding diaryl/α,β-unsaturated/α-hetero) is 1. The molecule has 0 spiro atoms. The summed E-state index contributed by atoms with van der Waals surface area (Å²) in [6.45, 7) is 0. The van der Waals surface area contributed by atoms with Crippen LogP contribution in [0.5, 0.6) is 0 Å². The van der Waals surface area contributed by atoms with Gasteiger partial charge in [-0.25, -0.2) is 0 Å². The summed E-state index contributed by atoms with van der Waals surface area (Å²) in [6, 6.07) is 2.87. The lowest BCUT2D eigenvalue weighted by molar-refractivity contribution is -0.116. The summed E-state index contributed by atoms with van der Waals surface area (Å²) in [5.74, 6) is -0.897. The Morgan fingerprint density at radius 1 is 1.05 bits per heavy atom. The van der Waals surface area contributed by atoms with E-state index in [1.54, 1.807) is 0 Å². The third kappa shape index (κ3) is 7.32. The number of benzene rings is 1. The standard InChI is InChI=1S/C11H7ClF6OS2/c12-5-7(19)3-6-1-2-8(20-10(13,14)15)4-9(6)21-11(16,17)18/h1-2,4H,3,5H2. The number of hydrogen-bond acceptors (Lipinski definition) is 3. The highest BCUT2D eigenvalue weighted by molar-refractivity contribution is 8.01. The molecule has 0 unspecified atom stereocenters. The molecule has 1 aromatic carbocycles. The summed E-state index contributed by atoms with van der Waals surface area (Å²) in [6.07, 6.45) is -0.362. The highest BCUT2D eigenvalue weighted by Crippen LogP contribution is 2.43. The van der Waals surface area contributed by atoms with Gasteiger partial charge in [0.25, 0.3) is 0 Å². The molecule has 118 valence electrons. The minimum absolute atomic E-state index is 0.00509. The van der Waals surface area contributed by atoms with Gasteiger partial charge in [-0.2, -0.15) is 26.3 Å². The van der Waals surface area contributed by atoms with Crippen LogP contribution in [0.4, 0.5) is 26.3 Å². The van der Waals surface area contributed by atoms with E-state index >= 15 is 0 Å². The Balaban J connectivity index is 3.10. The molecule has 0 N–H and O–H groups in total. The molecule has 21 heavy (non-hydrogen) atoms. The SMILES string of the molecule is O=C(CCl)Cc1ccc(SC(F)(F)F)cc1SC(F)(F)F. The van der Waals surface area contributed by atoms with E-state index in [0.29, 0.717) is 0 Å². The largest absolute Gasteiger partial charge is 0.446 e. The quantitative estimate of drug-likeness (QED) is 0.401. The lowest BCUT2D eigenvalue weighted by Gasteiger charge is -2.13. The molecule has 0 aliphatic heterocycles. The van der Waals surface area contributed by atoms with E-state index in [1.807, 2.05) is 0 Å². The molecule has 1 nitrogen and oxygen atoms in total. The van der Waals surface area contributed by atoms with Gasteiger partial charge in [0.05, 0.1) is 5.88 Å². The molecule has 0 atom stereocenters. The van der Waals surface area contributed by atoms with Crippen molar-refractivity contribution in [1.82, 2.24) is 0 Å². The maximum atomic E-state index is 12.4. The van der Waals surface area contributed by atoms with Crippen molar-refractivity contribution >= 4 is 40.9 Å². The molecule has 0 heterocycles. The number of halogens is 7. The Hall–Kier alpha value is -0.540. The lowest BCUT2D eigenvalue weighted by Crippen LogP contribution is -2.07. The summed E-state index contributed by atoms with van der Waals surface area (Å²) in [7, 11) is 0. The topological polar surface area (TPSA) is 17.1 Å². The molecule has 1 rings (SSSR count). The van der Waals surface area contributed by atoms with Gasteiger partial charge in [-0.1, -0.05) is 6.07 Å². The Morgan fingerprint density at radius 3 is 2.10 bits per heavy atom. The number of thioether (sulfide) groups is 2. The second-order valence-corrected chi connectivity index (χ2v) is 6.23. The normalized spacial score (nSPS) is 12.5. The molecule has 0 saturated heterocycles. The highest BCUT2D eigenvalue weighted by Gasteiger charge is 2.33. The van der Waals surface area contributed by atoms with E-state index in [9.17, 15) is 31.1 Å². The Bertz CT molecular complexity index is 514. The average molecular weight is 369 g/mol. The minimum atomic E-state index is -4.67. The van der Waals surface area contributed by atoms with Gasteiger partial charge in [0, 0.05) is 16.2 Å². The molecular weight excluding hydrogens is 362 g/mol. The summed E-state index contributed by atoms with van der Waals surface area (Å²) in [5, 5.41) is 0. The van der Waals surface area contributed by atoms with Gasteiger partial charge in [0.2, 0.25) is 0 Å². The second-order valence-electron chi connectivity index (χ2n) is 3.71. The first kappa shape index (κ1) is 18.5.